The molecule has 1 aliphatic heterocycles. The van der Waals surface area contributed by atoms with Gasteiger partial charge in [-0.2, -0.15) is 0 Å². The lowest BCUT2D eigenvalue weighted by molar-refractivity contribution is -0.127. The molecule has 1 amide bonds. The van der Waals surface area contributed by atoms with Gasteiger partial charge in [0.25, 0.3) is 5.91 Å². The van der Waals surface area contributed by atoms with Gasteiger partial charge in [0.15, 0.2) is 6.10 Å². The molecule has 1 aliphatic rings. The van der Waals surface area contributed by atoms with Crippen LogP contribution in [0, 0.1) is 0 Å². The number of nitrogens with zero attached hydrogens (tertiary/aromatic N) is 3. The van der Waals surface area contributed by atoms with Gasteiger partial charge in [-0.05, 0) is 55.3 Å². The van der Waals surface area contributed by atoms with E-state index in [1.54, 1.807) is 6.92 Å². The monoisotopic (exact) mass is 396 g/mol. The molecule has 0 bridgehead atoms. The number of benzene rings is 1. The lowest BCUT2D eigenvalue weighted by atomic mass is 10.0. The number of carbonyl (C=O) groups is 1. The highest BCUT2D eigenvalue weighted by Gasteiger charge is 2.17. The Labute approximate surface area is 173 Å². The Balaban J connectivity index is 1.53. The third-order valence-corrected chi connectivity index (χ3v) is 5.31. The first kappa shape index (κ1) is 21.1. The summed E-state index contributed by atoms with van der Waals surface area (Å²) in [6, 6.07) is 11.9. The molecule has 0 radical (unpaired) electrons. The Kier molecular flexibility index (Phi) is 7.09. The van der Waals surface area contributed by atoms with Gasteiger partial charge in [-0.15, -0.1) is 0 Å². The maximum absolute atomic E-state index is 12.5. The summed E-state index contributed by atoms with van der Waals surface area (Å²) in [5, 5.41) is 2.98. The van der Waals surface area contributed by atoms with Crippen LogP contribution in [-0.4, -0.2) is 55.1 Å². The quantitative estimate of drug-likeness (QED) is 0.780. The summed E-state index contributed by atoms with van der Waals surface area (Å²) in [5.41, 5.74) is 2.24. The first-order chi connectivity index (χ1) is 13.9. The van der Waals surface area contributed by atoms with E-state index in [-0.39, 0.29) is 5.91 Å². The molecule has 6 heteroatoms. The maximum atomic E-state index is 12.5. The summed E-state index contributed by atoms with van der Waals surface area (Å²) in [7, 11) is 2.14. The zero-order valence-corrected chi connectivity index (χ0v) is 17.9. The number of hydrogen-bond acceptors (Lipinski definition) is 5. The second-order valence-electron chi connectivity index (χ2n) is 8.02. The van der Waals surface area contributed by atoms with Crippen molar-refractivity contribution in [2.75, 3.05) is 38.1 Å². The van der Waals surface area contributed by atoms with Crippen LogP contribution < -0.4 is 15.0 Å². The fourth-order valence-corrected chi connectivity index (χ4v) is 3.32. The van der Waals surface area contributed by atoms with E-state index in [2.05, 4.69) is 53.1 Å². The van der Waals surface area contributed by atoms with Crippen molar-refractivity contribution < 1.29 is 9.53 Å². The predicted molar refractivity (Wildman–Crippen MR) is 116 cm³/mol. The van der Waals surface area contributed by atoms with E-state index in [1.807, 2.05) is 30.5 Å². The summed E-state index contributed by atoms with van der Waals surface area (Å²) < 4.78 is 5.85. The molecule has 3 rings (SSSR count). The number of anilines is 1. The van der Waals surface area contributed by atoms with Crippen LogP contribution >= 0.6 is 0 Å². The average molecular weight is 397 g/mol. The van der Waals surface area contributed by atoms with Crippen molar-refractivity contribution >= 4 is 11.7 Å². The maximum Gasteiger partial charge on any atom is 0.261 e. The third-order valence-electron chi connectivity index (χ3n) is 5.31. The molecule has 1 fully saturated rings. The van der Waals surface area contributed by atoms with Gasteiger partial charge in [-0.1, -0.05) is 26.0 Å². The van der Waals surface area contributed by atoms with Crippen LogP contribution in [0.4, 0.5) is 5.82 Å². The number of nitrogens with one attached hydrogen (secondary N) is 1. The Bertz CT molecular complexity index is 816. The van der Waals surface area contributed by atoms with Crippen molar-refractivity contribution in [3.8, 4) is 5.75 Å². The average Bonchev–Trinajstić information content (AvgIpc) is 2.73. The molecule has 0 unspecified atom stereocenters. The van der Waals surface area contributed by atoms with Crippen LogP contribution in [0.5, 0.6) is 5.75 Å². The van der Waals surface area contributed by atoms with E-state index in [0.717, 1.165) is 43.3 Å². The zero-order chi connectivity index (χ0) is 20.8. The van der Waals surface area contributed by atoms with Crippen molar-refractivity contribution in [1.82, 2.24) is 15.2 Å². The van der Waals surface area contributed by atoms with E-state index in [4.69, 9.17) is 4.74 Å². The van der Waals surface area contributed by atoms with Crippen molar-refractivity contribution in [1.29, 1.82) is 0 Å². The van der Waals surface area contributed by atoms with Crippen molar-refractivity contribution in [3.05, 3.63) is 53.7 Å². The van der Waals surface area contributed by atoms with Crippen molar-refractivity contribution in [2.45, 2.75) is 39.3 Å². The first-order valence-electron chi connectivity index (χ1n) is 10.3. The van der Waals surface area contributed by atoms with Gasteiger partial charge < -0.3 is 19.9 Å². The highest BCUT2D eigenvalue weighted by atomic mass is 16.5. The number of rotatable bonds is 7. The van der Waals surface area contributed by atoms with Crippen LogP contribution in [0.1, 0.15) is 37.8 Å². The molecule has 1 aromatic heterocycles. The van der Waals surface area contributed by atoms with Gasteiger partial charge in [0, 0.05) is 38.9 Å². The fraction of sp³-hybridized carbons (Fsp3) is 0.478. The van der Waals surface area contributed by atoms with Crippen LogP contribution in [0.3, 0.4) is 0 Å². The van der Waals surface area contributed by atoms with E-state index in [1.165, 1.54) is 5.56 Å². The van der Waals surface area contributed by atoms with Crippen molar-refractivity contribution in [3.63, 3.8) is 0 Å². The highest BCUT2D eigenvalue weighted by molar-refractivity contribution is 5.80. The molecule has 0 spiro atoms. The number of ether oxygens (including phenoxy) is 1. The minimum Gasteiger partial charge on any atom is -0.481 e. The molecule has 156 valence electrons. The van der Waals surface area contributed by atoms with E-state index < -0.39 is 6.10 Å². The molecule has 1 N–H and O–H groups in total. The number of pyridine rings is 1. The highest BCUT2D eigenvalue weighted by Crippen LogP contribution is 2.21. The Morgan fingerprint density at radius 3 is 2.62 bits per heavy atom. The van der Waals surface area contributed by atoms with Gasteiger partial charge in [0.1, 0.15) is 11.6 Å². The van der Waals surface area contributed by atoms with Gasteiger partial charge >= 0.3 is 0 Å². The smallest absolute Gasteiger partial charge is 0.261 e. The molecule has 1 aromatic carbocycles. The summed E-state index contributed by atoms with van der Waals surface area (Å²) in [5.74, 6) is 1.99. The van der Waals surface area contributed by atoms with Crippen LogP contribution in [0.25, 0.3) is 0 Å². The van der Waals surface area contributed by atoms with Gasteiger partial charge in [-0.25, -0.2) is 4.98 Å². The second kappa shape index (κ2) is 9.74. The zero-order valence-electron chi connectivity index (χ0n) is 17.9. The Morgan fingerprint density at radius 1 is 1.14 bits per heavy atom. The number of aromatic nitrogens is 1. The molecule has 0 saturated carbocycles. The van der Waals surface area contributed by atoms with E-state index in [9.17, 15) is 4.79 Å². The Morgan fingerprint density at radius 2 is 1.90 bits per heavy atom. The second-order valence-corrected chi connectivity index (χ2v) is 8.02. The molecule has 1 atom stereocenters. The molecule has 2 aromatic rings. The Hall–Kier alpha value is -2.60. The molecule has 29 heavy (non-hydrogen) atoms. The predicted octanol–water partition coefficient (Wildman–Crippen LogP) is 3.04. The van der Waals surface area contributed by atoms with Gasteiger partial charge in [0.2, 0.25) is 0 Å². The summed E-state index contributed by atoms with van der Waals surface area (Å²) in [6.07, 6.45) is 1.25. The standard InChI is InChI=1S/C23H32N4O2/c1-17(2)20-6-5-7-21(15-20)29-18(3)23(28)25-16-19-8-9-24-22(14-19)27-12-10-26(4)11-13-27/h5-9,14-15,17-18H,10-13,16H2,1-4H3,(H,25,28)/t18-/m0/s1. The van der Waals surface area contributed by atoms with E-state index in [0.29, 0.717) is 12.5 Å². The van der Waals surface area contributed by atoms with E-state index >= 15 is 0 Å². The SMILES string of the molecule is CC(C)c1cccc(O[C@@H](C)C(=O)NCc2ccnc(N3CCN(C)CC3)c2)c1. The molecular weight excluding hydrogens is 364 g/mol. The van der Waals surface area contributed by atoms with Crippen molar-refractivity contribution in [2.24, 2.45) is 0 Å². The molecule has 6 nitrogen and oxygen atoms in total. The largest absolute Gasteiger partial charge is 0.481 e. The molecule has 2 heterocycles. The van der Waals surface area contributed by atoms with Gasteiger partial charge in [-0.3, -0.25) is 4.79 Å². The topological polar surface area (TPSA) is 57.7 Å². The lowest BCUT2D eigenvalue weighted by Crippen LogP contribution is -2.44. The molecule has 0 aliphatic carbocycles. The number of likely N-dealkylation sites (N-methyl/N-ethyl adjacent to an activating group) is 1. The third kappa shape index (κ3) is 5.94. The summed E-state index contributed by atoms with van der Waals surface area (Å²) >= 11 is 0. The minimum absolute atomic E-state index is 0.127. The summed E-state index contributed by atoms with van der Waals surface area (Å²) in [6.45, 7) is 10.5. The molecule has 1 saturated heterocycles. The number of amides is 1. The number of hydrogen-bond donors (Lipinski definition) is 1. The molecular formula is C23H32N4O2. The number of piperazine rings is 1. The number of carbonyl (C=O) groups excluding carboxylic acids is 1. The minimum atomic E-state index is -0.559. The normalized spacial score (nSPS) is 16.0. The lowest BCUT2D eigenvalue weighted by Gasteiger charge is -2.33. The van der Waals surface area contributed by atoms with Crippen LogP contribution in [-0.2, 0) is 11.3 Å². The van der Waals surface area contributed by atoms with Crippen LogP contribution in [0.15, 0.2) is 42.6 Å². The fourth-order valence-electron chi connectivity index (χ4n) is 3.32. The van der Waals surface area contributed by atoms with Crippen LogP contribution in [0.2, 0.25) is 0 Å². The first-order valence-corrected chi connectivity index (χ1v) is 10.3. The summed E-state index contributed by atoms with van der Waals surface area (Å²) in [4.78, 5) is 21.6. The van der Waals surface area contributed by atoms with Gasteiger partial charge in [0.05, 0.1) is 0 Å².